The number of aromatic hydroxyl groups is 1. The molecule has 0 amide bonds. The van der Waals surface area contributed by atoms with Crippen LogP contribution in [0.3, 0.4) is 0 Å². The van der Waals surface area contributed by atoms with E-state index in [0.717, 1.165) is 32.7 Å². The third-order valence-corrected chi connectivity index (χ3v) is 10.1. The Kier molecular flexibility index (Phi) is 6.70. The Labute approximate surface area is 195 Å². The number of hydrogen-bond donors (Lipinski definition) is 1. The zero-order valence-corrected chi connectivity index (χ0v) is 19.8. The number of hydrogen-bond acceptors (Lipinski definition) is 6. The van der Waals surface area contributed by atoms with Gasteiger partial charge in [0.1, 0.15) is 5.75 Å². The minimum atomic E-state index is 0.253. The molecule has 0 saturated carbocycles. The van der Waals surface area contributed by atoms with Crippen LogP contribution in [0.15, 0.2) is 48.5 Å². The van der Waals surface area contributed by atoms with Gasteiger partial charge in [0.15, 0.2) is 0 Å². The van der Waals surface area contributed by atoms with E-state index in [9.17, 15) is 5.11 Å². The van der Waals surface area contributed by atoms with Crippen LogP contribution in [0.5, 0.6) is 5.75 Å². The first kappa shape index (κ1) is 21.5. The van der Waals surface area contributed by atoms with Crippen molar-refractivity contribution in [2.24, 2.45) is 0 Å². The number of benzene rings is 2. The lowest BCUT2D eigenvalue weighted by molar-refractivity contribution is 0.205. The lowest BCUT2D eigenvalue weighted by Gasteiger charge is -2.45. The van der Waals surface area contributed by atoms with E-state index < -0.39 is 0 Å². The summed E-state index contributed by atoms with van der Waals surface area (Å²) in [6.07, 6.45) is 2.59. The van der Waals surface area contributed by atoms with E-state index in [4.69, 9.17) is 0 Å². The van der Waals surface area contributed by atoms with Crippen LogP contribution in [0.25, 0.3) is 0 Å². The summed E-state index contributed by atoms with van der Waals surface area (Å²) >= 11 is 4.37. The maximum Gasteiger partial charge on any atom is 0.115 e. The second-order valence-corrected chi connectivity index (χ2v) is 11.9. The van der Waals surface area contributed by atoms with Crippen molar-refractivity contribution in [3.05, 3.63) is 59.7 Å². The van der Waals surface area contributed by atoms with Gasteiger partial charge in [-0.2, -0.15) is 0 Å². The second kappa shape index (κ2) is 9.65. The SMILES string of the molecule is Oc1ccc(N2CCN(CCCN3Cc4ccccc4C4(C3)SCCCS4)CC2)cc1. The first-order valence-electron chi connectivity index (χ1n) is 11.6. The van der Waals surface area contributed by atoms with Crippen molar-refractivity contribution in [2.45, 2.75) is 23.5 Å². The van der Waals surface area contributed by atoms with Gasteiger partial charge in [-0.15, -0.1) is 23.5 Å². The number of anilines is 1. The number of phenols is 1. The van der Waals surface area contributed by atoms with Gasteiger partial charge >= 0.3 is 0 Å². The number of piperazine rings is 1. The van der Waals surface area contributed by atoms with Crippen LogP contribution in [-0.4, -0.2) is 72.2 Å². The Bertz CT molecular complexity index is 861. The quantitative estimate of drug-likeness (QED) is 0.717. The van der Waals surface area contributed by atoms with Gasteiger partial charge in [-0.3, -0.25) is 9.80 Å². The fraction of sp³-hybridized carbons (Fsp3) is 0.520. The fourth-order valence-corrected chi connectivity index (χ4v) is 8.61. The Morgan fingerprint density at radius 2 is 1.55 bits per heavy atom. The molecule has 3 aliphatic heterocycles. The molecule has 3 heterocycles. The number of thioether (sulfide) groups is 2. The third-order valence-electron chi connectivity index (χ3n) is 6.75. The molecule has 2 saturated heterocycles. The minimum absolute atomic E-state index is 0.253. The topological polar surface area (TPSA) is 30.0 Å². The molecular formula is C25H33N3OS2. The van der Waals surface area contributed by atoms with Crippen LogP contribution in [-0.2, 0) is 10.6 Å². The van der Waals surface area contributed by atoms with Crippen molar-refractivity contribution in [1.82, 2.24) is 9.80 Å². The summed E-state index contributed by atoms with van der Waals surface area (Å²) in [5.41, 5.74) is 4.35. The second-order valence-electron chi connectivity index (χ2n) is 8.87. The van der Waals surface area contributed by atoms with Crippen molar-refractivity contribution in [1.29, 1.82) is 0 Å². The van der Waals surface area contributed by atoms with Crippen LogP contribution in [0.1, 0.15) is 24.0 Å². The molecule has 166 valence electrons. The van der Waals surface area contributed by atoms with Crippen LogP contribution in [0.4, 0.5) is 5.69 Å². The predicted molar refractivity (Wildman–Crippen MR) is 134 cm³/mol. The summed E-state index contributed by atoms with van der Waals surface area (Å²) in [5.74, 6) is 2.93. The molecule has 0 bridgehead atoms. The maximum atomic E-state index is 9.50. The molecule has 0 atom stereocenters. The highest BCUT2D eigenvalue weighted by atomic mass is 32.2. The molecule has 5 rings (SSSR count). The van der Waals surface area contributed by atoms with Gasteiger partial charge < -0.3 is 10.0 Å². The molecular weight excluding hydrogens is 422 g/mol. The van der Waals surface area contributed by atoms with Crippen molar-refractivity contribution in [3.8, 4) is 5.75 Å². The summed E-state index contributed by atoms with van der Waals surface area (Å²) in [7, 11) is 0. The molecule has 0 aliphatic carbocycles. The number of phenolic OH excluding ortho intramolecular Hbond substituents is 1. The standard InChI is InChI=1S/C25H33N3OS2/c29-23-9-7-22(8-10-23)28-15-13-26(14-16-28)11-3-12-27-19-21-5-1-2-6-24(21)25(20-27)30-17-4-18-31-25/h1-2,5-10,29H,3-4,11-20H2. The summed E-state index contributed by atoms with van der Waals surface area (Å²) < 4.78 is 0.253. The molecule has 1 spiro atoms. The first-order chi connectivity index (χ1) is 15.2. The molecule has 6 heteroatoms. The molecule has 3 aliphatic rings. The van der Waals surface area contributed by atoms with Crippen LogP contribution in [0, 0.1) is 0 Å². The largest absolute Gasteiger partial charge is 0.508 e. The van der Waals surface area contributed by atoms with Gasteiger partial charge in [0.25, 0.3) is 0 Å². The average molecular weight is 456 g/mol. The van der Waals surface area contributed by atoms with E-state index in [1.807, 2.05) is 12.1 Å². The highest BCUT2D eigenvalue weighted by Crippen LogP contribution is 2.53. The Balaban J connectivity index is 1.12. The Morgan fingerprint density at radius 1 is 0.839 bits per heavy atom. The first-order valence-corrected chi connectivity index (χ1v) is 13.5. The number of nitrogens with zero attached hydrogens (tertiary/aromatic N) is 3. The fourth-order valence-electron chi connectivity index (χ4n) is 5.10. The van der Waals surface area contributed by atoms with Gasteiger partial charge in [-0.25, -0.2) is 0 Å². The maximum absolute atomic E-state index is 9.50. The van der Waals surface area contributed by atoms with Gasteiger partial charge in [0.05, 0.1) is 4.08 Å². The Hall–Kier alpha value is -1.34. The third kappa shape index (κ3) is 4.87. The van der Waals surface area contributed by atoms with Gasteiger partial charge in [-0.1, -0.05) is 24.3 Å². The lowest BCUT2D eigenvalue weighted by atomic mass is 9.98. The van der Waals surface area contributed by atoms with E-state index in [-0.39, 0.29) is 4.08 Å². The molecule has 0 aromatic heterocycles. The molecule has 0 unspecified atom stereocenters. The van der Waals surface area contributed by atoms with Crippen LogP contribution >= 0.6 is 23.5 Å². The lowest BCUT2D eigenvalue weighted by Crippen LogP contribution is -2.47. The van der Waals surface area contributed by atoms with E-state index in [0.29, 0.717) is 5.75 Å². The van der Waals surface area contributed by atoms with Crippen molar-refractivity contribution in [3.63, 3.8) is 0 Å². The van der Waals surface area contributed by atoms with E-state index in [1.54, 1.807) is 17.7 Å². The summed E-state index contributed by atoms with van der Waals surface area (Å²) in [6.45, 7) is 9.06. The smallest absolute Gasteiger partial charge is 0.115 e. The zero-order valence-electron chi connectivity index (χ0n) is 18.2. The van der Waals surface area contributed by atoms with Gasteiger partial charge in [-0.05, 0) is 72.8 Å². The Morgan fingerprint density at radius 3 is 2.32 bits per heavy atom. The van der Waals surface area contributed by atoms with Gasteiger partial charge in [0.2, 0.25) is 0 Å². The molecule has 2 aromatic carbocycles. The van der Waals surface area contributed by atoms with Gasteiger partial charge in [0, 0.05) is 45.0 Å². The van der Waals surface area contributed by atoms with Crippen molar-refractivity contribution >= 4 is 29.2 Å². The molecule has 31 heavy (non-hydrogen) atoms. The highest BCUT2D eigenvalue weighted by Gasteiger charge is 2.41. The van der Waals surface area contributed by atoms with E-state index >= 15 is 0 Å². The zero-order chi connectivity index (χ0) is 21.1. The molecule has 4 nitrogen and oxygen atoms in total. The van der Waals surface area contributed by atoms with E-state index in [2.05, 4.69) is 62.5 Å². The molecule has 2 fully saturated rings. The molecule has 2 aromatic rings. The summed E-state index contributed by atoms with van der Waals surface area (Å²) in [6, 6.07) is 16.8. The van der Waals surface area contributed by atoms with Crippen LogP contribution in [0.2, 0.25) is 0 Å². The monoisotopic (exact) mass is 455 g/mol. The molecule has 1 N–H and O–H groups in total. The highest BCUT2D eigenvalue weighted by molar-refractivity contribution is 8.18. The normalized spacial score (nSPS) is 21.9. The van der Waals surface area contributed by atoms with Crippen molar-refractivity contribution in [2.75, 3.05) is 62.2 Å². The molecule has 0 radical (unpaired) electrons. The average Bonchev–Trinajstić information content (AvgIpc) is 2.81. The predicted octanol–water partition coefficient (Wildman–Crippen LogP) is 4.44. The summed E-state index contributed by atoms with van der Waals surface area (Å²) in [4.78, 5) is 7.76. The summed E-state index contributed by atoms with van der Waals surface area (Å²) in [5, 5.41) is 9.50. The minimum Gasteiger partial charge on any atom is -0.508 e. The van der Waals surface area contributed by atoms with E-state index in [1.165, 1.54) is 55.2 Å². The van der Waals surface area contributed by atoms with Crippen molar-refractivity contribution < 1.29 is 5.11 Å². The number of fused-ring (bicyclic) bond motifs is 2. The number of rotatable bonds is 5. The van der Waals surface area contributed by atoms with Crippen LogP contribution < -0.4 is 4.90 Å².